The average Bonchev–Trinajstić information content (AvgIpc) is 2.33. The van der Waals surface area contributed by atoms with Gasteiger partial charge in [-0.2, -0.15) is 0 Å². The lowest BCUT2D eigenvalue weighted by atomic mass is 10.00. The first-order valence-electron chi connectivity index (χ1n) is 6.07. The molecule has 0 heterocycles. The molecule has 18 heavy (non-hydrogen) atoms. The van der Waals surface area contributed by atoms with E-state index in [4.69, 9.17) is 17.3 Å². The highest BCUT2D eigenvalue weighted by atomic mass is 35.5. The van der Waals surface area contributed by atoms with Crippen LogP contribution in [0.2, 0.25) is 5.02 Å². The topological polar surface area (TPSA) is 26.0 Å². The predicted molar refractivity (Wildman–Crippen MR) is 71.6 cm³/mol. The minimum absolute atomic E-state index is 0.195. The number of halogens is 3. The molecule has 0 saturated carbocycles. The van der Waals surface area contributed by atoms with Crippen LogP contribution in [0.15, 0.2) is 24.8 Å². The number of allylic oxidation sites excluding steroid dienone is 1. The van der Waals surface area contributed by atoms with Gasteiger partial charge < -0.3 is 5.73 Å². The van der Waals surface area contributed by atoms with Crippen LogP contribution in [0.25, 0.3) is 0 Å². The zero-order chi connectivity index (χ0) is 13.5. The van der Waals surface area contributed by atoms with E-state index in [0.717, 1.165) is 37.8 Å². The maximum absolute atomic E-state index is 13.6. The average molecular weight is 274 g/mol. The van der Waals surface area contributed by atoms with Crippen molar-refractivity contribution in [3.05, 3.63) is 47.0 Å². The molecule has 1 unspecified atom stereocenters. The standard InChI is InChI=1S/C14H18ClF2N/c1-2-3-4-5-6-7-14(18)10-8-13(17)11(15)9-12(10)16/h2,8-9,14H,1,3-7,18H2. The minimum atomic E-state index is -0.629. The van der Waals surface area contributed by atoms with Gasteiger partial charge in [-0.25, -0.2) is 8.78 Å². The third kappa shape index (κ3) is 4.39. The van der Waals surface area contributed by atoms with Gasteiger partial charge >= 0.3 is 0 Å². The Morgan fingerprint density at radius 1 is 1.22 bits per heavy atom. The minimum Gasteiger partial charge on any atom is -0.324 e. The van der Waals surface area contributed by atoms with Crippen molar-refractivity contribution >= 4 is 11.6 Å². The van der Waals surface area contributed by atoms with E-state index in [1.807, 2.05) is 6.08 Å². The first kappa shape index (κ1) is 15.1. The van der Waals surface area contributed by atoms with Crippen LogP contribution in [-0.4, -0.2) is 0 Å². The third-order valence-corrected chi connectivity index (χ3v) is 3.15. The smallest absolute Gasteiger partial charge is 0.142 e. The molecule has 4 heteroatoms. The maximum Gasteiger partial charge on any atom is 0.142 e. The highest BCUT2D eigenvalue weighted by Gasteiger charge is 2.14. The van der Waals surface area contributed by atoms with E-state index in [9.17, 15) is 8.78 Å². The Labute approximate surface area is 112 Å². The Bertz CT molecular complexity index is 407. The summed E-state index contributed by atoms with van der Waals surface area (Å²) in [5, 5.41) is -0.213. The number of unbranched alkanes of at least 4 members (excludes halogenated alkanes) is 3. The second kappa shape index (κ2) is 7.49. The molecule has 100 valence electrons. The molecule has 1 aromatic rings. The van der Waals surface area contributed by atoms with Gasteiger partial charge in [0.1, 0.15) is 11.6 Å². The molecule has 0 saturated heterocycles. The molecule has 0 aliphatic rings. The van der Waals surface area contributed by atoms with Crippen LogP contribution in [0.1, 0.15) is 43.7 Å². The fourth-order valence-electron chi connectivity index (χ4n) is 1.81. The molecular weight excluding hydrogens is 256 g/mol. The van der Waals surface area contributed by atoms with E-state index in [0.29, 0.717) is 6.42 Å². The molecule has 0 spiro atoms. The Hall–Kier alpha value is -0.930. The summed E-state index contributed by atoms with van der Waals surface area (Å²) >= 11 is 5.49. The summed E-state index contributed by atoms with van der Waals surface area (Å²) in [5.41, 5.74) is 6.05. The van der Waals surface area contributed by atoms with Crippen molar-refractivity contribution < 1.29 is 8.78 Å². The summed E-state index contributed by atoms with van der Waals surface area (Å²) in [6.07, 6.45) is 6.42. The molecule has 0 aliphatic carbocycles. The summed E-state index contributed by atoms with van der Waals surface area (Å²) < 4.78 is 26.8. The number of benzene rings is 1. The van der Waals surface area contributed by atoms with Crippen molar-refractivity contribution in [1.82, 2.24) is 0 Å². The number of hydrogen-bond acceptors (Lipinski definition) is 1. The van der Waals surface area contributed by atoms with E-state index in [1.165, 1.54) is 0 Å². The molecule has 1 atom stereocenters. The van der Waals surface area contributed by atoms with Crippen LogP contribution in [0, 0.1) is 11.6 Å². The second-order valence-corrected chi connectivity index (χ2v) is 4.73. The fourth-order valence-corrected chi connectivity index (χ4v) is 1.96. The van der Waals surface area contributed by atoms with Crippen molar-refractivity contribution in [3.63, 3.8) is 0 Å². The van der Waals surface area contributed by atoms with Crippen molar-refractivity contribution in [2.75, 3.05) is 0 Å². The Kier molecular flexibility index (Phi) is 6.30. The zero-order valence-electron chi connectivity index (χ0n) is 10.3. The lowest BCUT2D eigenvalue weighted by Crippen LogP contribution is -2.12. The molecule has 0 radical (unpaired) electrons. The van der Waals surface area contributed by atoms with E-state index < -0.39 is 17.7 Å². The summed E-state index contributed by atoms with van der Waals surface area (Å²) in [6.45, 7) is 3.64. The Morgan fingerprint density at radius 3 is 2.61 bits per heavy atom. The van der Waals surface area contributed by atoms with Crippen LogP contribution >= 0.6 is 11.6 Å². The van der Waals surface area contributed by atoms with Crippen LogP contribution in [0.5, 0.6) is 0 Å². The largest absolute Gasteiger partial charge is 0.324 e. The van der Waals surface area contributed by atoms with Crippen LogP contribution < -0.4 is 5.73 Å². The Morgan fingerprint density at radius 2 is 1.94 bits per heavy atom. The summed E-state index contributed by atoms with van der Waals surface area (Å²) in [7, 11) is 0. The third-order valence-electron chi connectivity index (χ3n) is 2.86. The van der Waals surface area contributed by atoms with Crippen molar-refractivity contribution in [3.8, 4) is 0 Å². The van der Waals surface area contributed by atoms with Gasteiger partial charge in [0.2, 0.25) is 0 Å². The molecule has 1 aromatic carbocycles. The molecule has 1 nitrogen and oxygen atoms in total. The Balaban J connectivity index is 2.53. The van der Waals surface area contributed by atoms with E-state index >= 15 is 0 Å². The molecule has 2 N–H and O–H groups in total. The fraction of sp³-hybridized carbons (Fsp3) is 0.429. The zero-order valence-corrected chi connectivity index (χ0v) is 11.0. The van der Waals surface area contributed by atoms with Crippen molar-refractivity contribution in [2.24, 2.45) is 5.73 Å². The predicted octanol–water partition coefficient (Wildman–Crippen LogP) is 4.75. The van der Waals surface area contributed by atoms with Gasteiger partial charge in [0.15, 0.2) is 0 Å². The van der Waals surface area contributed by atoms with Crippen LogP contribution in [0.3, 0.4) is 0 Å². The number of rotatable bonds is 7. The number of hydrogen-bond donors (Lipinski definition) is 1. The van der Waals surface area contributed by atoms with Gasteiger partial charge in [0.25, 0.3) is 0 Å². The highest BCUT2D eigenvalue weighted by Crippen LogP contribution is 2.25. The molecular formula is C14H18ClF2N. The second-order valence-electron chi connectivity index (χ2n) is 4.32. The van der Waals surface area contributed by atoms with Crippen molar-refractivity contribution in [2.45, 2.75) is 38.1 Å². The summed E-state index contributed by atoms with van der Waals surface area (Å²) in [6, 6.07) is 1.58. The van der Waals surface area contributed by atoms with Crippen LogP contribution in [-0.2, 0) is 0 Å². The lowest BCUT2D eigenvalue weighted by molar-refractivity contribution is 0.526. The molecule has 0 aliphatic heterocycles. The van der Waals surface area contributed by atoms with E-state index in [1.54, 1.807) is 0 Å². The van der Waals surface area contributed by atoms with Gasteiger partial charge in [-0.05, 0) is 31.4 Å². The lowest BCUT2D eigenvalue weighted by Gasteiger charge is -2.13. The van der Waals surface area contributed by atoms with Gasteiger partial charge in [-0.1, -0.05) is 30.5 Å². The summed E-state index contributed by atoms with van der Waals surface area (Å²) in [5.74, 6) is -1.17. The van der Waals surface area contributed by atoms with Gasteiger partial charge in [0, 0.05) is 11.6 Å². The quantitative estimate of drug-likeness (QED) is 0.433. The maximum atomic E-state index is 13.6. The molecule has 0 bridgehead atoms. The van der Waals surface area contributed by atoms with Gasteiger partial charge in [-0.15, -0.1) is 6.58 Å². The van der Waals surface area contributed by atoms with Crippen molar-refractivity contribution in [1.29, 1.82) is 0 Å². The summed E-state index contributed by atoms with van der Waals surface area (Å²) in [4.78, 5) is 0. The molecule has 0 fully saturated rings. The first-order chi connectivity index (χ1) is 8.56. The van der Waals surface area contributed by atoms with Gasteiger partial charge in [-0.3, -0.25) is 0 Å². The monoisotopic (exact) mass is 273 g/mol. The molecule has 0 aromatic heterocycles. The first-order valence-corrected chi connectivity index (χ1v) is 6.45. The van der Waals surface area contributed by atoms with E-state index in [2.05, 4.69) is 6.58 Å². The van der Waals surface area contributed by atoms with E-state index in [-0.39, 0.29) is 10.6 Å². The number of nitrogens with two attached hydrogens (primary N) is 1. The normalized spacial score (nSPS) is 12.4. The molecule has 1 rings (SSSR count). The SMILES string of the molecule is C=CCCCCCC(N)c1cc(F)c(Cl)cc1F. The molecule has 0 amide bonds. The highest BCUT2D eigenvalue weighted by molar-refractivity contribution is 6.30. The van der Waals surface area contributed by atoms with Gasteiger partial charge in [0.05, 0.1) is 5.02 Å². The van der Waals surface area contributed by atoms with Crippen LogP contribution in [0.4, 0.5) is 8.78 Å².